The predicted molar refractivity (Wildman–Crippen MR) is 84.0 cm³/mol. The molecule has 0 saturated heterocycles. The molecule has 22 heavy (non-hydrogen) atoms. The number of aromatic nitrogens is 1. The number of benzene rings is 2. The lowest BCUT2D eigenvalue weighted by atomic mass is 10.2. The Bertz CT molecular complexity index is 839. The van der Waals surface area contributed by atoms with Crippen LogP contribution in [0.4, 0.5) is 21.9 Å². The van der Waals surface area contributed by atoms with E-state index in [2.05, 4.69) is 15.6 Å². The molecule has 0 unspecified atom stereocenters. The number of urea groups is 1. The van der Waals surface area contributed by atoms with Gasteiger partial charge in [-0.25, -0.2) is 4.79 Å². The van der Waals surface area contributed by atoms with Crippen molar-refractivity contribution in [3.8, 4) is 0 Å². The molecule has 0 aliphatic carbocycles. The van der Waals surface area contributed by atoms with Crippen molar-refractivity contribution < 1.29 is 9.72 Å². The number of nitro benzene ring substituents is 1. The number of nitrogens with zero attached hydrogens (tertiary/aromatic N) is 1. The number of carbonyl (C=O) groups excluding carboxylic acids is 1. The number of amides is 2. The summed E-state index contributed by atoms with van der Waals surface area (Å²) in [4.78, 5) is 25.2. The lowest BCUT2D eigenvalue weighted by Crippen LogP contribution is -2.19. The lowest BCUT2D eigenvalue weighted by Gasteiger charge is -2.08. The topological polar surface area (TPSA) is 100 Å². The summed E-state index contributed by atoms with van der Waals surface area (Å²) in [6.07, 6.45) is 1.80. The highest BCUT2D eigenvalue weighted by atomic mass is 16.6. The van der Waals surface area contributed by atoms with Crippen LogP contribution < -0.4 is 10.6 Å². The van der Waals surface area contributed by atoms with Crippen LogP contribution in [0, 0.1) is 10.1 Å². The number of nitro groups is 1. The zero-order valence-electron chi connectivity index (χ0n) is 11.4. The Labute approximate surface area is 125 Å². The summed E-state index contributed by atoms with van der Waals surface area (Å²) >= 11 is 0. The maximum atomic E-state index is 12.0. The highest BCUT2D eigenvalue weighted by molar-refractivity contribution is 6.05. The van der Waals surface area contributed by atoms with Crippen LogP contribution in [0.5, 0.6) is 0 Å². The molecule has 0 bridgehead atoms. The Morgan fingerprint density at radius 2 is 1.82 bits per heavy atom. The number of non-ortho nitro benzene ring substituents is 1. The normalized spacial score (nSPS) is 10.4. The van der Waals surface area contributed by atoms with E-state index in [1.807, 2.05) is 18.2 Å². The fourth-order valence-electron chi connectivity index (χ4n) is 2.15. The van der Waals surface area contributed by atoms with Crippen LogP contribution in [-0.2, 0) is 0 Å². The molecule has 0 fully saturated rings. The summed E-state index contributed by atoms with van der Waals surface area (Å²) in [6.45, 7) is 0. The number of hydrogen-bond donors (Lipinski definition) is 3. The third-order valence-corrected chi connectivity index (χ3v) is 3.18. The van der Waals surface area contributed by atoms with Gasteiger partial charge in [0, 0.05) is 34.9 Å². The third-order valence-electron chi connectivity index (χ3n) is 3.18. The highest BCUT2D eigenvalue weighted by Crippen LogP contribution is 2.22. The summed E-state index contributed by atoms with van der Waals surface area (Å²) in [5.74, 6) is 0. The first-order chi connectivity index (χ1) is 10.6. The maximum absolute atomic E-state index is 12.0. The Hall–Kier alpha value is -3.35. The van der Waals surface area contributed by atoms with Gasteiger partial charge < -0.3 is 15.6 Å². The fourth-order valence-corrected chi connectivity index (χ4v) is 2.15. The van der Waals surface area contributed by atoms with Crippen molar-refractivity contribution in [2.24, 2.45) is 0 Å². The third kappa shape index (κ3) is 2.73. The average Bonchev–Trinajstić information content (AvgIpc) is 2.97. The van der Waals surface area contributed by atoms with E-state index >= 15 is 0 Å². The summed E-state index contributed by atoms with van der Waals surface area (Å²) < 4.78 is 0. The van der Waals surface area contributed by atoms with Crippen molar-refractivity contribution in [3.05, 3.63) is 64.8 Å². The van der Waals surface area contributed by atoms with Gasteiger partial charge in [0.05, 0.1) is 10.6 Å². The molecule has 0 atom stereocenters. The van der Waals surface area contributed by atoms with Gasteiger partial charge in [0.15, 0.2) is 0 Å². The Kier molecular flexibility index (Phi) is 3.45. The molecule has 7 heteroatoms. The van der Waals surface area contributed by atoms with Gasteiger partial charge in [0.1, 0.15) is 0 Å². The van der Waals surface area contributed by atoms with Gasteiger partial charge in [-0.2, -0.15) is 0 Å². The second-order valence-corrected chi connectivity index (χ2v) is 4.63. The molecule has 0 spiro atoms. The van der Waals surface area contributed by atoms with Crippen LogP contribution in [0.1, 0.15) is 0 Å². The van der Waals surface area contributed by atoms with Gasteiger partial charge in [-0.05, 0) is 30.3 Å². The number of hydrogen-bond acceptors (Lipinski definition) is 3. The molecule has 3 aromatic rings. The fraction of sp³-hybridized carbons (Fsp3) is 0. The van der Waals surface area contributed by atoms with Gasteiger partial charge in [-0.1, -0.05) is 6.07 Å². The molecule has 7 nitrogen and oxygen atoms in total. The Morgan fingerprint density at radius 3 is 2.55 bits per heavy atom. The van der Waals surface area contributed by atoms with Crippen molar-refractivity contribution in [1.82, 2.24) is 4.98 Å². The number of aromatic amines is 1. The van der Waals surface area contributed by atoms with Crippen LogP contribution in [0.15, 0.2) is 54.7 Å². The van der Waals surface area contributed by atoms with Crippen LogP contribution in [-0.4, -0.2) is 15.9 Å². The number of nitrogens with one attached hydrogen (secondary N) is 3. The minimum atomic E-state index is -0.490. The summed E-state index contributed by atoms with van der Waals surface area (Å²) in [5.41, 5.74) is 2.05. The monoisotopic (exact) mass is 296 g/mol. The highest BCUT2D eigenvalue weighted by Gasteiger charge is 2.08. The van der Waals surface area contributed by atoms with E-state index in [1.54, 1.807) is 12.3 Å². The van der Waals surface area contributed by atoms with Gasteiger partial charge >= 0.3 is 6.03 Å². The van der Waals surface area contributed by atoms with E-state index in [0.29, 0.717) is 11.4 Å². The van der Waals surface area contributed by atoms with Gasteiger partial charge in [-0.3, -0.25) is 10.1 Å². The minimum Gasteiger partial charge on any atom is -0.361 e. The summed E-state index contributed by atoms with van der Waals surface area (Å²) in [5, 5.41) is 16.9. The van der Waals surface area contributed by atoms with Crippen LogP contribution in [0.2, 0.25) is 0 Å². The average molecular weight is 296 g/mol. The second kappa shape index (κ2) is 5.57. The molecule has 0 radical (unpaired) electrons. The van der Waals surface area contributed by atoms with Crippen molar-refractivity contribution >= 4 is 34.0 Å². The number of rotatable bonds is 3. The quantitative estimate of drug-likeness (QED) is 0.507. The molecule has 110 valence electrons. The molecule has 1 aromatic heterocycles. The van der Waals surface area contributed by atoms with Crippen LogP contribution in [0.25, 0.3) is 10.9 Å². The Morgan fingerprint density at radius 1 is 1.05 bits per heavy atom. The number of carbonyl (C=O) groups is 1. The predicted octanol–water partition coefficient (Wildman–Crippen LogP) is 3.72. The molecular weight excluding hydrogens is 284 g/mol. The van der Waals surface area contributed by atoms with E-state index in [9.17, 15) is 14.9 Å². The first-order valence-electron chi connectivity index (χ1n) is 6.52. The van der Waals surface area contributed by atoms with Gasteiger partial charge in [-0.15, -0.1) is 0 Å². The molecular formula is C15H12N4O3. The summed E-state index contributed by atoms with van der Waals surface area (Å²) in [6, 6.07) is 12.6. The van der Waals surface area contributed by atoms with Gasteiger partial charge in [0.25, 0.3) is 5.69 Å². The van der Waals surface area contributed by atoms with E-state index in [1.165, 1.54) is 24.3 Å². The Balaban J connectivity index is 1.72. The van der Waals surface area contributed by atoms with Crippen molar-refractivity contribution in [2.75, 3.05) is 10.6 Å². The first kappa shape index (κ1) is 13.6. The number of H-pyrrole nitrogens is 1. The smallest absolute Gasteiger partial charge is 0.323 e. The molecule has 3 rings (SSSR count). The number of fused-ring (bicyclic) bond motifs is 1. The van der Waals surface area contributed by atoms with Crippen LogP contribution >= 0.6 is 0 Å². The van der Waals surface area contributed by atoms with E-state index in [4.69, 9.17) is 0 Å². The van der Waals surface area contributed by atoms with E-state index in [-0.39, 0.29) is 5.69 Å². The van der Waals surface area contributed by atoms with Crippen molar-refractivity contribution in [3.63, 3.8) is 0 Å². The summed E-state index contributed by atoms with van der Waals surface area (Å²) in [7, 11) is 0. The molecule has 1 heterocycles. The second-order valence-electron chi connectivity index (χ2n) is 4.63. The zero-order chi connectivity index (χ0) is 15.5. The molecule has 2 aromatic carbocycles. The van der Waals surface area contributed by atoms with Crippen LogP contribution in [0.3, 0.4) is 0 Å². The maximum Gasteiger partial charge on any atom is 0.323 e. The van der Waals surface area contributed by atoms with Crippen molar-refractivity contribution in [1.29, 1.82) is 0 Å². The van der Waals surface area contributed by atoms with E-state index < -0.39 is 11.0 Å². The largest absolute Gasteiger partial charge is 0.361 e. The lowest BCUT2D eigenvalue weighted by molar-refractivity contribution is -0.384. The molecule has 3 N–H and O–H groups in total. The van der Waals surface area contributed by atoms with E-state index in [0.717, 1.165) is 10.9 Å². The molecule has 0 saturated carbocycles. The number of anilines is 2. The zero-order valence-corrected chi connectivity index (χ0v) is 11.4. The standard InChI is InChI=1S/C15H12N4O3/c20-15(17-10-4-6-11(7-5-10)19(21)22)18-14-3-1-2-13-12(14)8-9-16-13/h1-9,16H,(H2,17,18,20). The van der Waals surface area contributed by atoms with Gasteiger partial charge in [0.2, 0.25) is 0 Å². The van der Waals surface area contributed by atoms with Crippen molar-refractivity contribution in [2.45, 2.75) is 0 Å². The molecule has 0 aliphatic rings. The first-order valence-corrected chi connectivity index (χ1v) is 6.52. The molecule has 0 aliphatic heterocycles. The molecule has 2 amide bonds. The minimum absolute atomic E-state index is 0.0250. The SMILES string of the molecule is O=C(Nc1ccc([N+](=O)[O-])cc1)Nc1cccc2[nH]ccc12.